The zero-order chi connectivity index (χ0) is 12.2. The van der Waals surface area contributed by atoms with E-state index in [1.807, 2.05) is 12.4 Å². The standard InChI is InChI=1S/C14H21N3O/c1-2-5-11(6-3-1)18-12-9-16-14(17-10-12)13-7-4-8-15-13/h9-11,13,15H,1-8H2. The maximum Gasteiger partial charge on any atom is 0.156 e. The molecule has 0 spiro atoms. The lowest BCUT2D eigenvalue weighted by atomic mass is 9.98. The van der Waals surface area contributed by atoms with Crippen LogP contribution in [0.1, 0.15) is 56.8 Å². The van der Waals surface area contributed by atoms with E-state index in [9.17, 15) is 0 Å². The van der Waals surface area contributed by atoms with Crippen molar-refractivity contribution in [1.82, 2.24) is 15.3 Å². The van der Waals surface area contributed by atoms with Crippen LogP contribution in [0.3, 0.4) is 0 Å². The highest BCUT2D eigenvalue weighted by molar-refractivity contribution is 5.14. The Labute approximate surface area is 108 Å². The van der Waals surface area contributed by atoms with Crippen molar-refractivity contribution in [2.24, 2.45) is 0 Å². The molecule has 2 aliphatic rings. The molecule has 2 heterocycles. The summed E-state index contributed by atoms with van der Waals surface area (Å²) in [5.74, 6) is 1.73. The minimum atomic E-state index is 0.341. The van der Waals surface area contributed by atoms with Crippen LogP contribution in [0.15, 0.2) is 12.4 Å². The molecule has 1 N–H and O–H groups in total. The smallest absolute Gasteiger partial charge is 0.156 e. The quantitative estimate of drug-likeness (QED) is 0.892. The van der Waals surface area contributed by atoms with E-state index in [0.717, 1.165) is 24.5 Å². The molecule has 1 aromatic rings. The van der Waals surface area contributed by atoms with Gasteiger partial charge < -0.3 is 10.1 Å². The second-order valence-electron chi connectivity index (χ2n) is 5.30. The lowest BCUT2D eigenvalue weighted by molar-refractivity contribution is 0.153. The molecule has 1 aliphatic carbocycles. The van der Waals surface area contributed by atoms with Crippen molar-refractivity contribution in [3.05, 3.63) is 18.2 Å². The monoisotopic (exact) mass is 247 g/mol. The third-order valence-electron chi connectivity index (χ3n) is 3.88. The molecule has 4 nitrogen and oxygen atoms in total. The molecule has 3 rings (SSSR count). The molecule has 0 amide bonds. The van der Waals surface area contributed by atoms with Gasteiger partial charge in [0, 0.05) is 0 Å². The highest BCUT2D eigenvalue weighted by atomic mass is 16.5. The van der Waals surface area contributed by atoms with Crippen LogP contribution in [-0.2, 0) is 0 Å². The van der Waals surface area contributed by atoms with Crippen LogP contribution in [0.4, 0.5) is 0 Å². The molecule has 1 aliphatic heterocycles. The minimum Gasteiger partial charge on any atom is -0.487 e. The Morgan fingerprint density at radius 1 is 1.00 bits per heavy atom. The predicted molar refractivity (Wildman–Crippen MR) is 69.5 cm³/mol. The van der Waals surface area contributed by atoms with E-state index in [1.54, 1.807) is 0 Å². The molecule has 2 fully saturated rings. The lowest BCUT2D eigenvalue weighted by Gasteiger charge is -2.22. The fourth-order valence-electron chi connectivity index (χ4n) is 2.85. The second-order valence-corrected chi connectivity index (χ2v) is 5.30. The summed E-state index contributed by atoms with van der Waals surface area (Å²) in [6, 6.07) is 0.341. The third kappa shape index (κ3) is 2.80. The molecule has 18 heavy (non-hydrogen) atoms. The minimum absolute atomic E-state index is 0.341. The number of hydrogen-bond donors (Lipinski definition) is 1. The van der Waals surface area contributed by atoms with Crippen LogP contribution in [0, 0.1) is 0 Å². The maximum absolute atomic E-state index is 5.93. The molecule has 0 radical (unpaired) electrons. The van der Waals surface area contributed by atoms with E-state index >= 15 is 0 Å². The first-order valence-corrected chi connectivity index (χ1v) is 7.14. The molecule has 98 valence electrons. The van der Waals surface area contributed by atoms with Gasteiger partial charge in [-0.25, -0.2) is 9.97 Å². The summed E-state index contributed by atoms with van der Waals surface area (Å²) in [5, 5.41) is 3.41. The average Bonchev–Trinajstić information content (AvgIpc) is 2.95. The Morgan fingerprint density at radius 3 is 2.44 bits per heavy atom. The van der Waals surface area contributed by atoms with E-state index in [1.165, 1.54) is 38.5 Å². The van der Waals surface area contributed by atoms with Crippen molar-refractivity contribution in [2.75, 3.05) is 6.54 Å². The lowest BCUT2D eigenvalue weighted by Crippen LogP contribution is -2.20. The number of aromatic nitrogens is 2. The zero-order valence-electron chi connectivity index (χ0n) is 10.8. The SMILES string of the molecule is c1nc(C2CCCN2)ncc1OC1CCCCC1. The zero-order valence-corrected chi connectivity index (χ0v) is 10.8. The third-order valence-corrected chi connectivity index (χ3v) is 3.88. The summed E-state index contributed by atoms with van der Waals surface area (Å²) < 4.78 is 5.93. The predicted octanol–water partition coefficient (Wildman–Crippen LogP) is 2.61. The van der Waals surface area contributed by atoms with Crippen LogP contribution in [0.25, 0.3) is 0 Å². The number of rotatable bonds is 3. The number of nitrogens with one attached hydrogen (secondary N) is 1. The maximum atomic E-state index is 5.93. The Kier molecular flexibility index (Phi) is 3.74. The van der Waals surface area contributed by atoms with Crippen LogP contribution < -0.4 is 10.1 Å². The van der Waals surface area contributed by atoms with Gasteiger partial charge in [-0.3, -0.25) is 0 Å². The average molecular weight is 247 g/mol. The Morgan fingerprint density at radius 2 is 1.78 bits per heavy atom. The highest BCUT2D eigenvalue weighted by Crippen LogP contribution is 2.24. The van der Waals surface area contributed by atoms with Gasteiger partial charge in [0.1, 0.15) is 5.82 Å². The molecule has 0 aromatic carbocycles. The highest BCUT2D eigenvalue weighted by Gasteiger charge is 2.19. The molecule has 1 saturated carbocycles. The molecule has 1 aromatic heterocycles. The first kappa shape index (κ1) is 11.9. The molecule has 1 unspecified atom stereocenters. The van der Waals surface area contributed by atoms with Crippen LogP contribution in [-0.4, -0.2) is 22.6 Å². The largest absolute Gasteiger partial charge is 0.487 e. The van der Waals surface area contributed by atoms with Gasteiger partial charge in [0.2, 0.25) is 0 Å². The summed E-state index contributed by atoms with van der Waals surface area (Å²) in [7, 11) is 0. The van der Waals surface area contributed by atoms with Crippen molar-refractivity contribution in [2.45, 2.75) is 57.1 Å². The fraction of sp³-hybridized carbons (Fsp3) is 0.714. The summed E-state index contributed by atoms with van der Waals surface area (Å²) in [6.45, 7) is 1.08. The van der Waals surface area contributed by atoms with Gasteiger partial charge in [0.25, 0.3) is 0 Å². The van der Waals surface area contributed by atoms with Gasteiger partial charge >= 0.3 is 0 Å². The van der Waals surface area contributed by atoms with Crippen molar-refractivity contribution in [3.63, 3.8) is 0 Å². The van der Waals surface area contributed by atoms with Crippen molar-refractivity contribution in [1.29, 1.82) is 0 Å². The number of nitrogens with zero attached hydrogens (tertiary/aromatic N) is 2. The topological polar surface area (TPSA) is 47.0 Å². The molecule has 1 saturated heterocycles. The first-order valence-electron chi connectivity index (χ1n) is 7.14. The normalized spacial score (nSPS) is 25.2. The Balaban J connectivity index is 1.59. The van der Waals surface area contributed by atoms with Gasteiger partial charge in [-0.15, -0.1) is 0 Å². The van der Waals surface area contributed by atoms with Gasteiger partial charge in [-0.2, -0.15) is 0 Å². The van der Waals surface area contributed by atoms with Crippen LogP contribution in [0.2, 0.25) is 0 Å². The fourth-order valence-corrected chi connectivity index (χ4v) is 2.85. The van der Waals surface area contributed by atoms with E-state index in [2.05, 4.69) is 15.3 Å². The van der Waals surface area contributed by atoms with E-state index < -0.39 is 0 Å². The summed E-state index contributed by atoms with van der Waals surface area (Å²) in [6.07, 6.45) is 12.7. The van der Waals surface area contributed by atoms with Crippen molar-refractivity contribution in [3.8, 4) is 5.75 Å². The Bertz CT molecular complexity index is 367. The van der Waals surface area contributed by atoms with Gasteiger partial charge in [0.05, 0.1) is 24.5 Å². The summed E-state index contributed by atoms with van der Waals surface area (Å²) in [5.41, 5.74) is 0. The van der Waals surface area contributed by atoms with Crippen molar-refractivity contribution >= 4 is 0 Å². The summed E-state index contributed by atoms with van der Waals surface area (Å²) >= 11 is 0. The summed E-state index contributed by atoms with van der Waals surface area (Å²) in [4.78, 5) is 8.86. The van der Waals surface area contributed by atoms with Gasteiger partial charge in [0.15, 0.2) is 5.75 Å². The number of hydrogen-bond acceptors (Lipinski definition) is 4. The van der Waals surface area contributed by atoms with Gasteiger partial charge in [-0.05, 0) is 45.1 Å². The molecule has 4 heteroatoms. The second kappa shape index (κ2) is 5.65. The van der Waals surface area contributed by atoms with Crippen molar-refractivity contribution < 1.29 is 4.74 Å². The Hall–Kier alpha value is -1.16. The molecular weight excluding hydrogens is 226 g/mol. The van der Waals surface area contributed by atoms with E-state index in [-0.39, 0.29) is 0 Å². The number of ether oxygens (including phenoxy) is 1. The van der Waals surface area contributed by atoms with E-state index in [4.69, 9.17) is 4.74 Å². The van der Waals surface area contributed by atoms with Crippen LogP contribution >= 0.6 is 0 Å². The van der Waals surface area contributed by atoms with Gasteiger partial charge in [-0.1, -0.05) is 6.42 Å². The van der Waals surface area contributed by atoms with E-state index in [0.29, 0.717) is 12.1 Å². The molecular formula is C14H21N3O. The molecule has 1 atom stereocenters. The van der Waals surface area contributed by atoms with Crippen LogP contribution in [0.5, 0.6) is 5.75 Å². The first-order chi connectivity index (χ1) is 8.92. The molecule has 0 bridgehead atoms.